The van der Waals surface area contributed by atoms with Crippen molar-refractivity contribution in [1.29, 1.82) is 0 Å². The van der Waals surface area contributed by atoms with Crippen LogP contribution in [0.15, 0.2) is 10.6 Å². The first kappa shape index (κ1) is 12.4. The van der Waals surface area contributed by atoms with Gasteiger partial charge in [-0.1, -0.05) is 6.92 Å². The van der Waals surface area contributed by atoms with Crippen molar-refractivity contribution >= 4 is 23.6 Å². The molecule has 0 aromatic heterocycles. The van der Waals surface area contributed by atoms with Crippen LogP contribution in [0.3, 0.4) is 0 Å². The number of carbonyl (C=O) groups is 2. The summed E-state index contributed by atoms with van der Waals surface area (Å²) >= 11 is 1.40. The number of hydrogen-bond acceptors (Lipinski definition) is 4. The van der Waals surface area contributed by atoms with Crippen LogP contribution in [-0.2, 0) is 9.59 Å². The summed E-state index contributed by atoms with van der Waals surface area (Å²) in [6, 6.07) is -0.307. The van der Waals surface area contributed by atoms with Crippen LogP contribution in [0.25, 0.3) is 0 Å². The zero-order valence-electron chi connectivity index (χ0n) is 10.0. The summed E-state index contributed by atoms with van der Waals surface area (Å²) in [7, 11) is 0. The number of thioether (sulfide) groups is 1. The van der Waals surface area contributed by atoms with Crippen LogP contribution in [0.5, 0.6) is 0 Å². The van der Waals surface area contributed by atoms with Gasteiger partial charge in [0, 0.05) is 16.9 Å². The molecule has 3 unspecified atom stereocenters. The molecule has 94 valence electrons. The molecule has 4 atom stereocenters. The quantitative estimate of drug-likeness (QED) is 0.717. The van der Waals surface area contributed by atoms with E-state index in [1.165, 1.54) is 16.7 Å². The highest BCUT2D eigenvalue weighted by Gasteiger charge is 2.59. The molecule has 0 spiro atoms. The maximum Gasteiger partial charge on any atom is 0.353 e. The third-order valence-electron chi connectivity index (χ3n) is 3.58. The van der Waals surface area contributed by atoms with E-state index < -0.39 is 5.97 Å². The predicted octanol–water partition coefficient (Wildman–Crippen LogP) is 0.469. The van der Waals surface area contributed by atoms with E-state index in [2.05, 4.69) is 0 Å². The van der Waals surface area contributed by atoms with Gasteiger partial charge in [0.25, 0.3) is 0 Å². The number of fused-ring (bicyclic) bond motifs is 1. The van der Waals surface area contributed by atoms with Crippen LogP contribution in [0.2, 0.25) is 0 Å². The number of rotatable bonds is 3. The number of β-lactam (4-membered cyclic amide) rings is 1. The van der Waals surface area contributed by atoms with Crippen molar-refractivity contribution < 1.29 is 14.7 Å². The van der Waals surface area contributed by atoms with Crippen molar-refractivity contribution in [2.45, 2.75) is 25.9 Å². The van der Waals surface area contributed by atoms with Gasteiger partial charge in [0.05, 0.1) is 12.0 Å². The Bertz CT molecular complexity index is 419. The lowest BCUT2D eigenvalue weighted by atomic mass is 9.78. The maximum atomic E-state index is 11.9. The molecule has 0 aromatic rings. The Morgan fingerprint density at radius 3 is 2.59 bits per heavy atom. The SMILES string of the molecule is CSC1=C(C(=O)O)N2C(=O)C([C@@H](C)N)C2C1C. The highest BCUT2D eigenvalue weighted by molar-refractivity contribution is 8.02. The molecule has 3 N–H and O–H groups in total. The number of amides is 1. The molecule has 0 saturated carbocycles. The number of carboxylic acid groups (broad SMARTS) is 1. The van der Waals surface area contributed by atoms with E-state index in [-0.39, 0.29) is 35.5 Å². The average molecular weight is 256 g/mol. The number of aliphatic carboxylic acids is 1. The summed E-state index contributed by atoms with van der Waals surface area (Å²) in [4.78, 5) is 25.4. The van der Waals surface area contributed by atoms with Gasteiger partial charge in [-0.3, -0.25) is 4.79 Å². The van der Waals surface area contributed by atoms with Crippen LogP contribution in [-0.4, -0.2) is 40.2 Å². The lowest BCUT2D eigenvalue weighted by Crippen LogP contribution is -2.65. The topological polar surface area (TPSA) is 83.6 Å². The van der Waals surface area contributed by atoms with Crippen molar-refractivity contribution in [2.75, 3.05) is 6.26 Å². The zero-order chi connectivity index (χ0) is 12.9. The number of carboxylic acids is 1. The molecule has 0 aliphatic carbocycles. The van der Waals surface area contributed by atoms with Crippen molar-refractivity contribution in [2.24, 2.45) is 17.6 Å². The van der Waals surface area contributed by atoms with Gasteiger partial charge in [-0.25, -0.2) is 4.79 Å². The first-order valence-corrected chi connectivity index (χ1v) is 6.74. The van der Waals surface area contributed by atoms with Crippen molar-refractivity contribution in [3.8, 4) is 0 Å². The van der Waals surface area contributed by atoms with E-state index in [4.69, 9.17) is 5.73 Å². The molecule has 17 heavy (non-hydrogen) atoms. The molecule has 0 radical (unpaired) electrons. The van der Waals surface area contributed by atoms with Crippen LogP contribution in [0.1, 0.15) is 13.8 Å². The van der Waals surface area contributed by atoms with E-state index in [9.17, 15) is 14.7 Å². The maximum absolute atomic E-state index is 11.9. The number of nitrogens with two attached hydrogens (primary N) is 1. The van der Waals surface area contributed by atoms with Crippen LogP contribution >= 0.6 is 11.8 Å². The Balaban J connectivity index is 2.39. The van der Waals surface area contributed by atoms with E-state index in [1.807, 2.05) is 13.2 Å². The Hall–Kier alpha value is -1.01. The first-order chi connectivity index (χ1) is 7.91. The second-order valence-electron chi connectivity index (χ2n) is 4.59. The fourth-order valence-electron chi connectivity index (χ4n) is 2.84. The molecule has 6 heteroatoms. The molecule has 2 rings (SSSR count). The molecular weight excluding hydrogens is 240 g/mol. The van der Waals surface area contributed by atoms with Gasteiger partial charge in [0.15, 0.2) is 0 Å². The standard InChI is InChI=1S/C11H16N2O3S/c1-4-7-6(5(2)12)10(14)13(7)8(11(15)16)9(4)17-3/h4-7H,12H2,1-3H3,(H,15,16)/t4?,5-,6?,7?/m1/s1. The third kappa shape index (κ3) is 1.51. The minimum absolute atomic E-state index is 0.0600. The van der Waals surface area contributed by atoms with E-state index >= 15 is 0 Å². The summed E-state index contributed by atoms with van der Waals surface area (Å²) in [6.45, 7) is 3.76. The van der Waals surface area contributed by atoms with Gasteiger partial charge >= 0.3 is 5.97 Å². The van der Waals surface area contributed by atoms with Crippen LogP contribution in [0.4, 0.5) is 0 Å². The van der Waals surface area contributed by atoms with Gasteiger partial charge in [-0.15, -0.1) is 11.8 Å². The first-order valence-electron chi connectivity index (χ1n) is 5.52. The molecule has 1 amide bonds. The van der Waals surface area contributed by atoms with Crippen molar-refractivity contribution in [1.82, 2.24) is 4.90 Å². The Morgan fingerprint density at radius 1 is 1.59 bits per heavy atom. The largest absolute Gasteiger partial charge is 0.477 e. The molecule has 2 aliphatic rings. The molecule has 0 aromatic carbocycles. The molecular formula is C11H16N2O3S. The van der Waals surface area contributed by atoms with E-state index in [1.54, 1.807) is 6.92 Å². The number of nitrogens with zero attached hydrogens (tertiary/aromatic N) is 1. The normalized spacial score (nSPS) is 33.5. The fourth-order valence-corrected chi connectivity index (χ4v) is 3.73. The lowest BCUT2D eigenvalue weighted by molar-refractivity contribution is -0.157. The Labute approximate surface area is 104 Å². The summed E-state index contributed by atoms with van der Waals surface area (Å²) in [5.41, 5.74) is 5.94. The van der Waals surface area contributed by atoms with E-state index in [0.717, 1.165) is 4.91 Å². The van der Waals surface area contributed by atoms with Gasteiger partial charge in [0.2, 0.25) is 5.91 Å². The molecule has 1 fully saturated rings. The monoisotopic (exact) mass is 256 g/mol. The van der Waals surface area contributed by atoms with Crippen molar-refractivity contribution in [3.63, 3.8) is 0 Å². The van der Waals surface area contributed by atoms with Gasteiger partial charge in [0.1, 0.15) is 5.70 Å². The lowest BCUT2D eigenvalue weighted by Gasteiger charge is -2.46. The molecule has 2 heterocycles. The summed E-state index contributed by atoms with van der Waals surface area (Å²) in [6.07, 6.45) is 1.84. The second kappa shape index (κ2) is 4.03. The minimum atomic E-state index is -1.03. The Morgan fingerprint density at radius 2 is 2.18 bits per heavy atom. The summed E-state index contributed by atoms with van der Waals surface area (Å²) < 4.78 is 0. The van der Waals surface area contributed by atoms with E-state index in [0.29, 0.717) is 0 Å². The highest BCUT2D eigenvalue weighted by atomic mass is 32.2. The highest BCUT2D eigenvalue weighted by Crippen LogP contribution is 2.49. The van der Waals surface area contributed by atoms with Gasteiger partial charge in [-0.2, -0.15) is 0 Å². The van der Waals surface area contributed by atoms with Crippen LogP contribution in [0, 0.1) is 11.8 Å². The van der Waals surface area contributed by atoms with Crippen molar-refractivity contribution in [3.05, 3.63) is 10.6 Å². The number of carbonyl (C=O) groups excluding carboxylic acids is 1. The van der Waals surface area contributed by atoms with Crippen LogP contribution < -0.4 is 5.73 Å². The summed E-state index contributed by atoms with van der Waals surface area (Å²) in [5.74, 6) is -1.37. The molecule has 2 aliphatic heterocycles. The molecule has 1 saturated heterocycles. The predicted molar refractivity (Wildman–Crippen MR) is 65.1 cm³/mol. The number of hydrogen-bond donors (Lipinski definition) is 2. The fraction of sp³-hybridized carbons (Fsp3) is 0.636. The van der Waals surface area contributed by atoms with Gasteiger partial charge < -0.3 is 15.7 Å². The smallest absolute Gasteiger partial charge is 0.353 e. The summed E-state index contributed by atoms with van der Waals surface area (Å²) in [5, 5.41) is 9.20. The van der Waals surface area contributed by atoms with Gasteiger partial charge in [-0.05, 0) is 13.2 Å². The Kier molecular flexibility index (Phi) is 2.95. The third-order valence-corrected chi connectivity index (χ3v) is 4.58. The second-order valence-corrected chi connectivity index (χ2v) is 5.44. The molecule has 5 nitrogen and oxygen atoms in total. The molecule has 0 bridgehead atoms. The minimum Gasteiger partial charge on any atom is -0.477 e. The zero-order valence-corrected chi connectivity index (χ0v) is 10.8. The average Bonchev–Trinajstić information content (AvgIpc) is 2.47.